The Bertz CT molecular complexity index is 871. The van der Waals surface area contributed by atoms with Crippen LogP contribution < -0.4 is 4.74 Å². The molecule has 2 aromatic rings. The molecule has 3 rings (SSSR count). The molecule has 1 aliphatic heterocycles. The Morgan fingerprint density at radius 3 is 2.69 bits per heavy atom. The van der Waals surface area contributed by atoms with Crippen molar-refractivity contribution < 1.29 is 14.6 Å². The monoisotopic (exact) mass is 435 g/mol. The lowest BCUT2D eigenvalue weighted by Crippen LogP contribution is -2.36. The Hall–Kier alpha value is -1.75. The first kappa shape index (κ1) is 21.9. The fourth-order valence-corrected chi connectivity index (χ4v) is 4.29. The molecule has 156 valence electrons. The van der Waals surface area contributed by atoms with Gasteiger partial charge >= 0.3 is 0 Å². The van der Waals surface area contributed by atoms with Crippen molar-refractivity contribution in [2.75, 3.05) is 19.7 Å². The van der Waals surface area contributed by atoms with Crippen LogP contribution in [0.4, 0.5) is 0 Å². The van der Waals surface area contributed by atoms with E-state index in [1.807, 2.05) is 55.1 Å². The number of carbonyl (C=O) groups excluding carboxylic acids is 1. The van der Waals surface area contributed by atoms with E-state index in [1.54, 1.807) is 6.07 Å². The first-order valence-electron chi connectivity index (χ1n) is 9.93. The van der Waals surface area contributed by atoms with Crippen LogP contribution in [0.15, 0.2) is 42.5 Å². The smallest absolute Gasteiger partial charge is 0.227 e. The summed E-state index contributed by atoms with van der Waals surface area (Å²) in [5.41, 5.74) is 1.65. The molecule has 0 spiro atoms. The lowest BCUT2D eigenvalue weighted by molar-refractivity contribution is -0.129. The van der Waals surface area contributed by atoms with Gasteiger partial charge in [-0.2, -0.15) is 0 Å². The van der Waals surface area contributed by atoms with Crippen molar-refractivity contribution in [1.82, 2.24) is 4.90 Å². The van der Waals surface area contributed by atoms with E-state index in [-0.39, 0.29) is 24.0 Å². The zero-order chi connectivity index (χ0) is 21.0. The number of amides is 1. The van der Waals surface area contributed by atoms with Gasteiger partial charge in [0.1, 0.15) is 5.75 Å². The van der Waals surface area contributed by atoms with E-state index < -0.39 is 0 Å². The molecule has 0 aliphatic carbocycles. The van der Waals surface area contributed by atoms with E-state index in [0.29, 0.717) is 36.0 Å². The van der Waals surface area contributed by atoms with Crippen molar-refractivity contribution in [3.05, 3.63) is 63.6 Å². The number of aliphatic hydroxyl groups excluding tert-OH is 1. The van der Waals surface area contributed by atoms with E-state index in [4.69, 9.17) is 27.9 Å². The number of hydrogen-bond donors (Lipinski definition) is 1. The lowest BCUT2D eigenvalue weighted by atomic mass is 9.77. The van der Waals surface area contributed by atoms with Gasteiger partial charge in [-0.25, -0.2) is 0 Å². The van der Waals surface area contributed by atoms with Crippen LogP contribution in [0.2, 0.25) is 10.0 Å². The quantitative estimate of drug-likeness (QED) is 0.674. The van der Waals surface area contributed by atoms with Crippen LogP contribution in [-0.4, -0.2) is 41.7 Å². The average Bonchev–Trinajstić information content (AvgIpc) is 3.09. The molecule has 0 radical (unpaired) electrons. The summed E-state index contributed by atoms with van der Waals surface area (Å²) in [5, 5.41) is 10.7. The predicted molar refractivity (Wildman–Crippen MR) is 117 cm³/mol. The Morgan fingerprint density at radius 1 is 1.21 bits per heavy atom. The van der Waals surface area contributed by atoms with E-state index in [9.17, 15) is 9.90 Å². The van der Waals surface area contributed by atoms with Crippen molar-refractivity contribution in [2.24, 2.45) is 0 Å². The van der Waals surface area contributed by atoms with E-state index in [0.717, 1.165) is 23.3 Å². The van der Waals surface area contributed by atoms with Gasteiger partial charge in [0.25, 0.3) is 0 Å². The third-order valence-corrected chi connectivity index (χ3v) is 6.19. The van der Waals surface area contributed by atoms with E-state index in [1.165, 1.54) is 0 Å². The molecule has 1 N–H and O–H groups in total. The maximum Gasteiger partial charge on any atom is 0.227 e. The highest BCUT2D eigenvalue weighted by atomic mass is 35.5. The number of likely N-dealkylation sites (tertiary alicyclic amines) is 1. The number of aliphatic hydroxyl groups is 1. The van der Waals surface area contributed by atoms with Crippen LogP contribution in [0.25, 0.3) is 0 Å². The Morgan fingerprint density at radius 2 is 2.00 bits per heavy atom. The second-order valence-corrected chi connectivity index (χ2v) is 8.75. The van der Waals surface area contributed by atoms with Crippen molar-refractivity contribution >= 4 is 29.1 Å². The number of rotatable bonds is 7. The molecule has 1 atom stereocenters. The summed E-state index contributed by atoms with van der Waals surface area (Å²) in [6, 6.07) is 13.3. The van der Waals surface area contributed by atoms with Gasteiger partial charge in [-0.3, -0.25) is 4.79 Å². The number of halogens is 2. The van der Waals surface area contributed by atoms with Crippen LogP contribution >= 0.6 is 23.2 Å². The molecule has 1 fully saturated rings. The van der Waals surface area contributed by atoms with Crippen molar-refractivity contribution in [3.63, 3.8) is 0 Å². The van der Waals surface area contributed by atoms with Gasteiger partial charge in [-0.05, 0) is 62.1 Å². The molecule has 1 heterocycles. The summed E-state index contributed by atoms with van der Waals surface area (Å²) < 4.78 is 5.73. The zero-order valence-corrected chi connectivity index (χ0v) is 18.3. The summed E-state index contributed by atoms with van der Waals surface area (Å²) in [6.07, 6.45) is 1.77. The van der Waals surface area contributed by atoms with Crippen LogP contribution in [0.3, 0.4) is 0 Å². The van der Waals surface area contributed by atoms with Crippen molar-refractivity contribution in [2.45, 2.75) is 44.6 Å². The maximum atomic E-state index is 13.0. The summed E-state index contributed by atoms with van der Waals surface area (Å²) in [6.45, 7) is 5.22. The zero-order valence-electron chi connectivity index (χ0n) is 16.8. The first-order valence-corrected chi connectivity index (χ1v) is 10.7. The molecule has 4 nitrogen and oxygen atoms in total. The van der Waals surface area contributed by atoms with Crippen molar-refractivity contribution in [3.8, 4) is 5.75 Å². The number of benzene rings is 2. The molecule has 29 heavy (non-hydrogen) atoms. The highest BCUT2D eigenvalue weighted by molar-refractivity contribution is 6.42. The van der Waals surface area contributed by atoms with Gasteiger partial charge in [-0.15, -0.1) is 0 Å². The number of ether oxygens (including phenoxy) is 1. The van der Waals surface area contributed by atoms with Crippen molar-refractivity contribution in [1.29, 1.82) is 0 Å². The summed E-state index contributed by atoms with van der Waals surface area (Å²) in [5.74, 6) is 0.851. The summed E-state index contributed by atoms with van der Waals surface area (Å²) >= 11 is 12.3. The highest BCUT2D eigenvalue weighted by Gasteiger charge is 2.41. The molecule has 2 aromatic carbocycles. The van der Waals surface area contributed by atoms with Crippen LogP contribution in [0.5, 0.6) is 5.75 Å². The fraction of sp³-hybridized carbons (Fsp3) is 0.435. The molecule has 1 unspecified atom stereocenters. The number of carbonyl (C=O) groups is 1. The van der Waals surface area contributed by atoms with Gasteiger partial charge in [0.05, 0.1) is 22.6 Å². The van der Waals surface area contributed by atoms with Gasteiger partial charge in [-0.1, -0.05) is 41.4 Å². The third-order valence-electron chi connectivity index (χ3n) is 5.45. The minimum Gasteiger partial charge on any atom is -0.491 e. The largest absolute Gasteiger partial charge is 0.491 e. The van der Waals surface area contributed by atoms with E-state index >= 15 is 0 Å². The standard InChI is InChI=1S/C23H27Cl2NO3/c1-16(2)29-19-5-3-4-17(12-19)13-22(28)26-10-8-23(15-26,9-11-27)18-6-7-20(24)21(25)14-18/h3-7,12,14,16,27H,8-11,13,15H2,1-2H3. The summed E-state index contributed by atoms with van der Waals surface area (Å²) in [4.78, 5) is 14.9. The normalized spacial score (nSPS) is 19.0. The SMILES string of the molecule is CC(C)Oc1cccc(CC(=O)N2CCC(CCO)(c3ccc(Cl)c(Cl)c3)C2)c1. The number of hydrogen-bond acceptors (Lipinski definition) is 3. The summed E-state index contributed by atoms with van der Waals surface area (Å²) in [7, 11) is 0. The van der Waals surface area contributed by atoms with Crippen LogP contribution in [-0.2, 0) is 16.6 Å². The second-order valence-electron chi connectivity index (χ2n) is 7.94. The van der Waals surface area contributed by atoms with Gasteiger partial charge in [0, 0.05) is 25.1 Å². The molecule has 1 amide bonds. The molecule has 0 saturated carbocycles. The Kier molecular flexibility index (Phi) is 7.10. The predicted octanol–water partition coefficient (Wildman–Crippen LogP) is 4.88. The van der Waals surface area contributed by atoms with Gasteiger partial charge in [0.15, 0.2) is 0 Å². The fourth-order valence-electron chi connectivity index (χ4n) is 4.00. The maximum absolute atomic E-state index is 13.0. The topological polar surface area (TPSA) is 49.8 Å². The molecule has 1 aliphatic rings. The highest BCUT2D eigenvalue weighted by Crippen LogP contribution is 2.40. The minimum atomic E-state index is -0.304. The molecule has 6 heteroatoms. The molecule has 1 saturated heterocycles. The lowest BCUT2D eigenvalue weighted by Gasteiger charge is -2.30. The Labute approximate surface area is 182 Å². The van der Waals surface area contributed by atoms with Gasteiger partial charge in [0.2, 0.25) is 5.91 Å². The van der Waals surface area contributed by atoms with Gasteiger partial charge < -0.3 is 14.7 Å². The van der Waals surface area contributed by atoms with Crippen LogP contribution in [0.1, 0.15) is 37.8 Å². The third kappa shape index (κ3) is 5.25. The second kappa shape index (κ2) is 9.38. The minimum absolute atomic E-state index is 0.0524. The molecular weight excluding hydrogens is 409 g/mol. The molecular formula is C23H27Cl2NO3. The number of nitrogens with zero attached hydrogens (tertiary/aromatic N) is 1. The Balaban J connectivity index is 1.74. The molecule has 0 bridgehead atoms. The average molecular weight is 436 g/mol. The van der Waals surface area contributed by atoms with E-state index in [2.05, 4.69) is 0 Å². The first-order chi connectivity index (χ1) is 13.8. The molecule has 0 aromatic heterocycles. The van der Waals surface area contributed by atoms with Crippen LogP contribution in [0, 0.1) is 0 Å².